The fourth-order valence-electron chi connectivity index (χ4n) is 2.14. The van der Waals surface area contributed by atoms with Crippen molar-refractivity contribution in [2.45, 2.75) is 13.0 Å². The molecule has 2 saturated heterocycles. The molecule has 2 aliphatic rings. The molecule has 1 aromatic heterocycles. The van der Waals surface area contributed by atoms with Crippen molar-refractivity contribution < 1.29 is 4.92 Å². The molecule has 138 valence electrons. The highest BCUT2D eigenvalue weighted by Crippen LogP contribution is 2.20. The molecule has 2 fully saturated rings. The van der Waals surface area contributed by atoms with Gasteiger partial charge in [0, 0.05) is 37.3 Å². The molecule has 0 unspecified atom stereocenters. The van der Waals surface area contributed by atoms with Crippen molar-refractivity contribution in [3.63, 3.8) is 0 Å². The van der Waals surface area contributed by atoms with Gasteiger partial charge in [0.05, 0.1) is 4.92 Å². The van der Waals surface area contributed by atoms with Crippen molar-refractivity contribution >= 4 is 40.3 Å². The van der Waals surface area contributed by atoms with Crippen LogP contribution >= 0.6 is 35.1 Å². The van der Waals surface area contributed by atoms with E-state index in [1.165, 1.54) is 11.8 Å². The molecule has 26 heavy (non-hydrogen) atoms. The number of amidine groups is 1. The van der Waals surface area contributed by atoms with Crippen LogP contribution in [0.15, 0.2) is 34.6 Å². The average Bonchev–Trinajstić information content (AvgIpc) is 3.05. The van der Waals surface area contributed by atoms with E-state index >= 15 is 0 Å². The molecule has 3 heterocycles. The van der Waals surface area contributed by atoms with Crippen LogP contribution in [-0.4, -0.2) is 44.6 Å². The SMILES string of the molecule is N#CN=C1SCCN1Cc1ccc(Cl)nc1.O=[N+]([O-])/C=C1/NCCCS1. The van der Waals surface area contributed by atoms with Gasteiger partial charge in [-0.25, -0.2) is 4.98 Å². The summed E-state index contributed by atoms with van der Waals surface area (Å²) >= 11 is 8.82. The summed E-state index contributed by atoms with van der Waals surface area (Å²) in [6.07, 6.45) is 5.67. The highest BCUT2D eigenvalue weighted by atomic mass is 35.5. The molecule has 2 aliphatic heterocycles. The van der Waals surface area contributed by atoms with E-state index in [1.807, 2.05) is 12.3 Å². The van der Waals surface area contributed by atoms with Crippen LogP contribution in [0.3, 0.4) is 0 Å². The van der Waals surface area contributed by atoms with E-state index in [1.54, 1.807) is 24.0 Å². The lowest BCUT2D eigenvalue weighted by molar-refractivity contribution is -0.403. The summed E-state index contributed by atoms with van der Waals surface area (Å²) in [6.45, 7) is 2.48. The van der Waals surface area contributed by atoms with Gasteiger partial charge in [-0.2, -0.15) is 5.26 Å². The molecule has 0 amide bonds. The maximum atomic E-state index is 9.94. The first kappa shape index (κ1) is 20.4. The minimum Gasteiger partial charge on any atom is -0.375 e. The highest BCUT2D eigenvalue weighted by Gasteiger charge is 2.19. The summed E-state index contributed by atoms with van der Waals surface area (Å²) < 4.78 is 0. The van der Waals surface area contributed by atoms with Gasteiger partial charge in [-0.05, 0) is 18.1 Å². The summed E-state index contributed by atoms with van der Waals surface area (Å²) in [5.41, 5.74) is 1.07. The molecule has 0 radical (unpaired) electrons. The standard InChI is InChI=1S/C10H9ClN4S.C5H8N2O2S/c11-9-2-1-8(5-13-9)6-15-3-4-16-10(15)14-7-12;8-7(9)4-5-6-2-1-3-10-5/h1-2,5H,3-4,6H2;4,6H,1-3H2/b;5-4-. The average molecular weight is 413 g/mol. The summed E-state index contributed by atoms with van der Waals surface area (Å²) in [6, 6.07) is 3.70. The number of pyridine rings is 1. The van der Waals surface area contributed by atoms with E-state index < -0.39 is 4.92 Å². The third kappa shape index (κ3) is 7.11. The minimum absolute atomic E-state index is 0.430. The van der Waals surface area contributed by atoms with Crippen LogP contribution in [-0.2, 0) is 6.54 Å². The molecule has 3 rings (SSSR count). The lowest BCUT2D eigenvalue weighted by atomic mass is 10.3. The summed E-state index contributed by atoms with van der Waals surface area (Å²) in [7, 11) is 0. The number of nitro groups is 1. The highest BCUT2D eigenvalue weighted by molar-refractivity contribution is 8.14. The van der Waals surface area contributed by atoms with Gasteiger partial charge in [0.25, 0.3) is 6.20 Å². The zero-order valence-corrected chi connectivity index (χ0v) is 16.2. The Balaban J connectivity index is 0.000000209. The fraction of sp³-hybridized carbons (Fsp3) is 0.400. The van der Waals surface area contributed by atoms with Crippen molar-refractivity contribution in [2.75, 3.05) is 24.6 Å². The van der Waals surface area contributed by atoms with Crippen molar-refractivity contribution in [2.24, 2.45) is 4.99 Å². The first-order valence-corrected chi connectivity index (χ1v) is 10.1. The minimum atomic E-state index is -0.430. The quantitative estimate of drug-likeness (QED) is 0.349. The number of aromatic nitrogens is 1. The van der Waals surface area contributed by atoms with Gasteiger partial charge in [0.2, 0.25) is 6.19 Å². The number of hydrogen-bond donors (Lipinski definition) is 1. The van der Waals surface area contributed by atoms with Crippen LogP contribution < -0.4 is 5.32 Å². The molecule has 1 aromatic rings. The number of hydrogen-bond acceptors (Lipinski definition) is 8. The monoisotopic (exact) mass is 412 g/mol. The smallest absolute Gasteiger partial charge is 0.263 e. The van der Waals surface area contributed by atoms with Crippen LogP contribution in [0.1, 0.15) is 12.0 Å². The molecular weight excluding hydrogens is 396 g/mol. The lowest BCUT2D eigenvalue weighted by Gasteiger charge is -2.16. The summed E-state index contributed by atoms with van der Waals surface area (Å²) in [5.74, 6) is 1.95. The number of thioether (sulfide) groups is 2. The molecule has 0 atom stereocenters. The van der Waals surface area contributed by atoms with Gasteiger partial charge in [0.15, 0.2) is 5.17 Å². The number of aliphatic imine (C=N–C) groups is 1. The Labute approximate surface area is 164 Å². The molecule has 0 bridgehead atoms. The Bertz CT molecular complexity index is 712. The summed E-state index contributed by atoms with van der Waals surface area (Å²) in [4.78, 5) is 19.4. The predicted octanol–water partition coefficient (Wildman–Crippen LogP) is 2.91. The Kier molecular flexibility index (Phi) is 8.53. The predicted molar refractivity (Wildman–Crippen MR) is 105 cm³/mol. The second kappa shape index (κ2) is 10.9. The lowest BCUT2D eigenvalue weighted by Crippen LogP contribution is -2.23. The maximum absolute atomic E-state index is 9.94. The first-order valence-electron chi connectivity index (χ1n) is 7.75. The molecule has 1 N–H and O–H groups in total. The van der Waals surface area contributed by atoms with E-state index in [0.29, 0.717) is 10.2 Å². The van der Waals surface area contributed by atoms with Gasteiger partial charge in [-0.1, -0.05) is 29.4 Å². The second-order valence-corrected chi connectivity index (χ2v) is 7.75. The van der Waals surface area contributed by atoms with E-state index in [9.17, 15) is 10.1 Å². The second-order valence-electron chi connectivity index (χ2n) is 5.16. The van der Waals surface area contributed by atoms with Crippen molar-refractivity contribution in [1.29, 1.82) is 5.26 Å². The van der Waals surface area contributed by atoms with E-state index in [2.05, 4.69) is 20.2 Å². The Morgan fingerprint density at radius 1 is 1.50 bits per heavy atom. The number of rotatable bonds is 3. The Morgan fingerprint density at radius 3 is 2.96 bits per heavy atom. The molecule has 8 nitrogen and oxygen atoms in total. The molecule has 0 aromatic carbocycles. The largest absolute Gasteiger partial charge is 0.375 e. The molecule has 11 heteroatoms. The number of nitriles is 1. The first-order chi connectivity index (χ1) is 12.6. The fourth-order valence-corrected chi connectivity index (χ4v) is 4.07. The Hall–Kier alpha value is -1.96. The van der Waals surface area contributed by atoms with Crippen LogP contribution in [0.25, 0.3) is 0 Å². The molecular formula is C15H17ClN6O2S2. The van der Waals surface area contributed by atoms with E-state index in [-0.39, 0.29) is 0 Å². The van der Waals surface area contributed by atoms with Crippen LogP contribution in [0.2, 0.25) is 5.15 Å². The normalized spacial score (nSPS) is 19.5. The Morgan fingerprint density at radius 2 is 2.35 bits per heavy atom. The van der Waals surface area contributed by atoms with E-state index in [0.717, 1.165) is 54.5 Å². The zero-order chi connectivity index (χ0) is 18.8. The molecule has 0 aliphatic carbocycles. The van der Waals surface area contributed by atoms with Gasteiger partial charge in [-0.15, -0.1) is 16.8 Å². The van der Waals surface area contributed by atoms with Gasteiger partial charge in [0.1, 0.15) is 10.2 Å². The topological polar surface area (TPSA) is 107 Å². The third-order valence-electron chi connectivity index (χ3n) is 3.27. The molecule has 0 spiro atoms. The molecule has 0 saturated carbocycles. The van der Waals surface area contributed by atoms with E-state index in [4.69, 9.17) is 16.9 Å². The van der Waals surface area contributed by atoms with Gasteiger partial charge in [-0.3, -0.25) is 10.1 Å². The van der Waals surface area contributed by atoms with Crippen LogP contribution in [0.5, 0.6) is 0 Å². The maximum Gasteiger partial charge on any atom is 0.263 e. The number of nitrogens with one attached hydrogen (secondary N) is 1. The number of nitrogens with zero attached hydrogens (tertiary/aromatic N) is 5. The van der Waals surface area contributed by atoms with Crippen molar-refractivity contribution in [1.82, 2.24) is 15.2 Å². The third-order valence-corrected chi connectivity index (χ3v) is 5.54. The van der Waals surface area contributed by atoms with Gasteiger partial charge < -0.3 is 10.2 Å². The van der Waals surface area contributed by atoms with Crippen molar-refractivity contribution in [3.8, 4) is 6.19 Å². The summed E-state index contributed by atoms with van der Waals surface area (Å²) in [5, 5.41) is 23.4. The van der Waals surface area contributed by atoms with Crippen molar-refractivity contribution in [3.05, 3.63) is 50.4 Å². The van der Waals surface area contributed by atoms with Gasteiger partial charge >= 0.3 is 0 Å². The van der Waals surface area contributed by atoms with Crippen LogP contribution in [0, 0.1) is 21.6 Å². The van der Waals surface area contributed by atoms with Crippen LogP contribution in [0.4, 0.5) is 0 Å². The zero-order valence-electron chi connectivity index (χ0n) is 13.8. The number of halogens is 1.